The van der Waals surface area contributed by atoms with Crippen molar-refractivity contribution in [3.05, 3.63) is 59.7 Å². The van der Waals surface area contributed by atoms with E-state index in [9.17, 15) is 8.42 Å². The van der Waals surface area contributed by atoms with Crippen LogP contribution in [0.4, 0.5) is 0 Å². The minimum Gasteiger partial charge on any atom is -0.496 e. The molecule has 1 aliphatic heterocycles. The summed E-state index contributed by atoms with van der Waals surface area (Å²) in [6.07, 6.45) is 1.61. The molecule has 0 N–H and O–H groups in total. The van der Waals surface area contributed by atoms with E-state index < -0.39 is 10.0 Å². The first kappa shape index (κ1) is 15.2. The molecule has 1 heterocycles. The van der Waals surface area contributed by atoms with E-state index in [4.69, 9.17) is 4.74 Å². The molecule has 0 spiro atoms. The van der Waals surface area contributed by atoms with E-state index in [1.807, 2.05) is 24.3 Å². The van der Waals surface area contributed by atoms with Gasteiger partial charge in [-0.05, 0) is 24.3 Å². The van der Waals surface area contributed by atoms with Crippen molar-refractivity contribution in [3.63, 3.8) is 0 Å². The summed E-state index contributed by atoms with van der Waals surface area (Å²) >= 11 is 0. The topological polar surface area (TPSA) is 71.3 Å². The number of benzene rings is 2. The monoisotopic (exact) mass is 329 g/mol. The zero-order valence-electron chi connectivity index (χ0n) is 12.7. The maximum Gasteiger partial charge on any atom is 0.285 e. The third-order valence-corrected chi connectivity index (χ3v) is 4.75. The standard InChI is InChI=1S/C16H15N3O3S/c1-19(17-11-12-7-3-5-9-14(12)22-2)16-13-8-4-6-10-15(13)23(20,21)18-16/h3-11H,1-2H3/b17-11-. The van der Waals surface area contributed by atoms with Gasteiger partial charge in [0.15, 0.2) is 5.84 Å². The fourth-order valence-electron chi connectivity index (χ4n) is 2.30. The average molecular weight is 329 g/mol. The first-order valence-corrected chi connectivity index (χ1v) is 8.32. The lowest BCUT2D eigenvalue weighted by Crippen LogP contribution is -2.21. The van der Waals surface area contributed by atoms with E-state index in [0.29, 0.717) is 17.1 Å². The zero-order valence-corrected chi connectivity index (χ0v) is 13.5. The molecule has 0 amide bonds. The second kappa shape index (κ2) is 5.85. The van der Waals surface area contributed by atoms with Gasteiger partial charge in [0.2, 0.25) is 0 Å². The quantitative estimate of drug-likeness (QED) is 0.639. The summed E-state index contributed by atoms with van der Waals surface area (Å²) in [5.74, 6) is 0.984. The van der Waals surface area contributed by atoms with Crippen LogP contribution in [0.25, 0.3) is 0 Å². The Kier molecular flexibility index (Phi) is 3.87. The van der Waals surface area contributed by atoms with E-state index in [1.54, 1.807) is 44.6 Å². The highest BCUT2D eigenvalue weighted by molar-refractivity contribution is 7.90. The van der Waals surface area contributed by atoms with Gasteiger partial charge < -0.3 is 4.74 Å². The normalized spacial score (nSPS) is 15.3. The van der Waals surface area contributed by atoms with Crippen molar-refractivity contribution in [2.24, 2.45) is 9.50 Å². The van der Waals surface area contributed by atoms with Gasteiger partial charge in [0.1, 0.15) is 10.6 Å². The van der Waals surface area contributed by atoms with Crippen LogP contribution in [0.3, 0.4) is 0 Å². The van der Waals surface area contributed by atoms with Gasteiger partial charge in [-0.1, -0.05) is 24.3 Å². The molecule has 2 aromatic rings. The summed E-state index contributed by atoms with van der Waals surface area (Å²) in [6, 6.07) is 14.1. The lowest BCUT2D eigenvalue weighted by atomic mass is 10.2. The Bertz CT molecular complexity index is 904. The first-order chi connectivity index (χ1) is 11.0. The van der Waals surface area contributed by atoms with Crippen molar-refractivity contribution in [2.45, 2.75) is 4.90 Å². The first-order valence-electron chi connectivity index (χ1n) is 6.88. The number of nitrogens with zero attached hydrogens (tertiary/aromatic N) is 3. The number of fused-ring (bicyclic) bond motifs is 1. The second-order valence-corrected chi connectivity index (χ2v) is 6.47. The summed E-state index contributed by atoms with van der Waals surface area (Å²) in [6.45, 7) is 0. The minimum atomic E-state index is -3.65. The van der Waals surface area contributed by atoms with Gasteiger partial charge in [-0.25, -0.2) is 5.01 Å². The molecule has 3 rings (SSSR count). The molecule has 7 heteroatoms. The van der Waals surface area contributed by atoms with Gasteiger partial charge in [-0.3, -0.25) is 0 Å². The smallest absolute Gasteiger partial charge is 0.285 e. The van der Waals surface area contributed by atoms with Gasteiger partial charge in [0.05, 0.1) is 13.3 Å². The van der Waals surface area contributed by atoms with Gasteiger partial charge >= 0.3 is 0 Å². The Morgan fingerprint density at radius 1 is 1.13 bits per heavy atom. The molecule has 23 heavy (non-hydrogen) atoms. The molecule has 0 aromatic heterocycles. The van der Waals surface area contributed by atoms with Gasteiger partial charge in [-0.15, -0.1) is 4.40 Å². The number of para-hydroxylation sites is 1. The van der Waals surface area contributed by atoms with E-state index in [0.717, 1.165) is 5.56 Å². The van der Waals surface area contributed by atoms with E-state index in [-0.39, 0.29) is 4.90 Å². The minimum absolute atomic E-state index is 0.203. The average Bonchev–Trinajstić information content (AvgIpc) is 2.85. The molecular formula is C16H15N3O3S. The Balaban J connectivity index is 1.93. The third-order valence-electron chi connectivity index (χ3n) is 3.43. The fraction of sp³-hybridized carbons (Fsp3) is 0.125. The maximum atomic E-state index is 12.1. The predicted octanol–water partition coefficient (Wildman–Crippen LogP) is 2.11. The van der Waals surface area contributed by atoms with Crippen molar-refractivity contribution in [1.29, 1.82) is 0 Å². The summed E-state index contributed by atoms with van der Waals surface area (Å²) in [5.41, 5.74) is 1.34. The third kappa shape index (κ3) is 2.83. The van der Waals surface area contributed by atoms with Crippen LogP contribution >= 0.6 is 0 Å². The number of rotatable bonds is 3. The van der Waals surface area contributed by atoms with Crippen LogP contribution in [0, 0.1) is 0 Å². The zero-order chi connectivity index (χ0) is 16.4. The molecule has 0 fully saturated rings. The number of hydrogen-bond acceptors (Lipinski definition) is 5. The SMILES string of the molecule is COc1ccccc1/C=N\N(C)C1=NS(=O)(=O)c2ccccc21. The highest BCUT2D eigenvalue weighted by atomic mass is 32.2. The summed E-state index contributed by atoms with van der Waals surface area (Å²) in [4.78, 5) is 0.203. The van der Waals surface area contributed by atoms with E-state index in [1.165, 1.54) is 5.01 Å². The number of hydrogen-bond donors (Lipinski definition) is 0. The van der Waals surface area contributed by atoms with E-state index in [2.05, 4.69) is 9.50 Å². The van der Waals surface area contributed by atoms with Crippen molar-refractivity contribution < 1.29 is 13.2 Å². The Morgan fingerprint density at radius 2 is 1.83 bits per heavy atom. The predicted molar refractivity (Wildman–Crippen MR) is 88.5 cm³/mol. The molecule has 6 nitrogen and oxygen atoms in total. The number of ether oxygens (including phenoxy) is 1. The van der Waals surface area contributed by atoms with E-state index >= 15 is 0 Å². The van der Waals surface area contributed by atoms with Gasteiger partial charge in [0, 0.05) is 18.2 Å². The Hall–Kier alpha value is -2.67. The van der Waals surface area contributed by atoms with Crippen LogP contribution in [-0.4, -0.2) is 39.6 Å². The highest BCUT2D eigenvalue weighted by Gasteiger charge is 2.30. The summed E-state index contributed by atoms with van der Waals surface area (Å²) < 4.78 is 33.2. The molecule has 0 aliphatic carbocycles. The van der Waals surface area contributed by atoms with Gasteiger partial charge in [-0.2, -0.15) is 13.5 Å². The number of amidine groups is 1. The Morgan fingerprint density at radius 3 is 2.61 bits per heavy atom. The maximum absolute atomic E-state index is 12.1. The second-order valence-electron chi connectivity index (χ2n) is 4.90. The molecule has 0 unspecified atom stereocenters. The molecule has 0 saturated heterocycles. The van der Waals surface area contributed by atoms with Crippen LogP contribution in [0.1, 0.15) is 11.1 Å². The molecular weight excluding hydrogens is 314 g/mol. The number of methoxy groups -OCH3 is 1. The molecule has 118 valence electrons. The van der Waals surface area contributed by atoms with Gasteiger partial charge in [0.25, 0.3) is 10.0 Å². The molecule has 2 aromatic carbocycles. The van der Waals surface area contributed by atoms with Crippen molar-refractivity contribution in [3.8, 4) is 5.75 Å². The molecule has 0 radical (unpaired) electrons. The molecule has 0 atom stereocenters. The van der Waals surface area contributed by atoms with Crippen molar-refractivity contribution in [2.75, 3.05) is 14.2 Å². The summed E-state index contributed by atoms with van der Waals surface area (Å²) in [7, 11) is -0.409. The highest BCUT2D eigenvalue weighted by Crippen LogP contribution is 2.27. The van der Waals surface area contributed by atoms with Crippen LogP contribution in [0.15, 0.2) is 62.9 Å². The number of sulfonamides is 1. The van der Waals surface area contributed by atoms with Crippen molar-refractivity contribution in [1.82, 2.24) is 5.01 Å². The lowest BCUT2D eigenvalue weighted by molar-refractivity contribution is 0.414. The number of hydrazone groups is 1. The van der Waals surface area contributed by atoms with Crippen LogP contribution in [-0.2, 0) is 10.0 Å². The lowest BCUT2D eigenvalue weighted by Gasteiger charge is -2.12. The summed E-state index contributed by atoms with van der Waals surface area (Å²) in [5, 5.41) is 5.72. The van der Waals surface area contributed by atoms with Crippen LogP contribution < -0.4 is 4.74 Å². The molecule has 0 saturated carbocycles. The van der Waals surface area contributed by atoms with Crippen LogP contribution in [0.2, 0.25) is 0 Å². The molecule has 0 bridgehead atoms. The van der Waals surface area contributed by atoms with Crippen molar-refractivity contribution >= 4 is 22.1 Å². The largest absolute Gasteiger partial charge is 0.496 e. The molecule has 1 aliphatic rings. The Labute approximate surface area is 134 Å². The van der Waals surface area contributed by atoms with Crippen LogP contribution in [0.5, 0.6) is 5.75 Å². The fourth-order valence-corrected chi connectivity index (χ4v) is 3.53.